The van der Waals surface area contributed by atoms with Crippen LogP contribution in [0.4, 0.5) is 5.69 Å². The number of nitrogens with two attached hydrogens (primary N) is 1. The molecule has 0 unspecified atom stereocenters. The number of rotatable bonds is 5. The quantitative estimate of drug-likeness (QED) is 0.881. The second kappa shape index (κ2) is 6.36. The van der Waals surface area contributed by atoms with Gasteiger partial charge in [-0.3, -0.25) is 4.79 Å². The van der Waals surface area contributed by atoms with Crippen LogP contribution >= 0.6 is 11.6 Å². The Balaban J connectivity index is 2.23. The first-order valence-electron chi connectivity index (χ1n) is 6.00. The largest absolute Gasteiger partial charge is 0.330 e. The number of nitrogens with zero attached hydrogens (tertiary/aromatic N) is 2. The highest BCUT2D eigenvalue weighted by Gasteiger charge is 2.09. The van der Waals surface area contributed by atoms with Crippen LogP contribution in [0.25, 0.3) is 5.69 Å². The molecule has 6 heteroatoms. The fourth-order valence-electron chi connectivity index (χ4n) is 1.69. The van der Waals surface area contributed by atoms with E-state index in [-0.39, 0.29) is 5.91 Å². The van der Waals surface area contributed by atoms with E-state index in [2.05, 4.69) is 10.4 Å². The number of amides is 1. The van der Waals surface area contributed by atoms with E-state index in [1.54, 1.807) is 29.2 Å². The Bertz CT molecular complexity index is 554. The van der Waals surface area contributed by atoms with E-state index < -0.39 is 0 Å². The SMILES string of the molecule is NCCCC(=O)Nc1cc(Cl)ccc1-n1cccn1. The molecule has 0 fully saturated rings. The number of carbonyl (C=O) groups excluding carboxylic acids is 1. The Kier molecular flexibility index (Phi) is 4.54. The zero-order valence-electron chi connectivity index (χ0n) is 10.3. The summed E-state index contributed by atoms with van der Waals surface area (Å²) in [5.41, 5.74) is 6.80. The maximum atomic E-state index is 11.8. The van der Waals surface area contributed by atoms with Crippen LogP contribution in [0.15, 0.2) is 36.7 Å². The molecule has 5 nitrogen and oxygen atoms in total. The summed E-state index contributed by atoms with van der Waals surface area (Å²) in [4.78, 5) is 11.8. The highest BCUT2D eigenvalue weighted by Crippen LogP contribution is 2.24. The van der Waals surface area contributed by atoms with Crippen molar-refractivity contribution in [3.05, 3.63) is 41.7 Å². The molecular weight excluding hydrogens is 264 g/mol. The van der Waals surface area contributed by atoms with E-state index in [1.165, 1.54) is 0 Å². The van der Waals surface area contributed by atoms with Crippen LogP contribution in [0, 0.1) is 0 Å². The lowest BCUT2D eigenvalue weighted by Gasteiger charge is -2.11. The molecule has 0 atom stereocenters. The van der Waals surface area contributed by atoms with Crippen molar-refractivity contribution in [3.8, 4) is 5.69 Å². The molecule has 0 aliphatic carbocycles. The summed E-state index contributed by atoms with van der Waals surface area (Å²) in [5, 5.41) is 7.54. The molecule has 19 heavy (non-hydrogen) atoms. The average molecular weight is 279 g/mol. The van der Waals surface area contributed by atoms with E-state index in [9.17, 15) is 4.79 Å². The zero-order chi connectivity index (χ0) is 13.7. The fraction of sp³-hybridized carbons (Fsp3) is 0.231. The summed E-state index contributed by atoms with van der Waals surface area (Å²) in [5.74, 6) is -0.0823. The van der Waals surface area contributed by atoms with Gasteiger partial charge in [0.15, 0.2) is 0 Å². The van der Waals surface area contributed by atoms with Gasteiger partial charge in [-0.25, -0.2) is 4.68 Å². The van der Waals surface area contributed by atoms with Crippen molar-refractivity contribution in [1.29, 1.82) is 0 Å². The molecule has 2 aromatic rings. The first-order valence-corrected chi connectivity index (χ1v) is 6.38. The molecule has 0 aliphatic heterocycles. The van der Waals surface area contributed by atoms with Crippen LogP contribution in [-0.2, 0) is 4.79 Å². The lowest BCUT2D eigenvalue weighted by Crippen LogP contribution is -2.15. The van der Waals surface area contributed by atoms with Crippen molar-refractivity contribution in [2.24, 2.45) is 5.73 Å². The van der Waals surface area contributed by atoms with Crippen LogP contribution in [0.2, 0.25) is 5.02 Å². The van der Waals surface area contributed by atoms with Gasteiger partial charge in [-0.15, -0.1) is 0 Å². The monoisotopic (exact) mass is 278 g/mol. The maximum Gasteiger partial charge on any atom is 0.224 e. The Morgan fingerprint density at radius 3 is 3.00 bits per heavy atom. The molecule has 3 N–H and O–H groups in total. The average Bonchev–Trinajstić information content (AvgIpc) is 2.90. The van der Waals surface area contributed by atoms with Crippen molar-refractivity contribution in [2.45, 2.75) is 12.8 Å². The van der Waals surface area contributed by atoms with Crippen molar-refractivity contribution in [2.75, 3.05) is 11.9 Å². The predicted octanol–water partition coefficient (Wildman–Crippen LogP) is 2.20. The summed E-state index contributed by atoms with van der Waals surface area (Å²) in [7, 11) is 0. The van der Waals surface area contributed by atoms with Crippen LogP contribution in [-0.4, -0.2) is 22.2 Å². The van der Waals surface area contributed by atoms with Crippen molar-refractivity contribution < 1.29 is 4.79 Å². The number of aromatic nitrogens is 2. The van der Waals surface area contributed by atoms with Gasteiger partial charge in [-0.05, 0) is 37.2 Å². The number of benzene rings is 1. The van der Waals surface area contributed by atoms with Gasteiger partial charge in [-0.2, -0.15) is 5.10 Å². The molecule has 1 heterocycles. The fourth-order valence-corrected chi connectivity index (χ4v) is 1.87. The normalized spacial score (nSPS) is 10.4. The summed E-state index contributed by atoms with van der Waals surface area (Å²) >= 11 is 5.97. The highest BCUT2D eigenvalue weighted by molar-refractivity contribution is 6.31. The number of hydrogen-bond donors (Lipinski definition) is 2. The molecule has 2 rings (SSSR count). The Hall–Kier alpha value is -1.85. The molecule has 0 saturated carbocycles. The van der Waals surface area contributed by atoms with Crippen LogP contribution in [0.1, 0.15) is 12.8 Å². The Morgan fingerprint density at radius 1 is 1.47 bits per heavy atom. The van der Waals surface area contributed by atoms with Gasteiger partial charge in [0.1, 0.15) is 0 Å². The second-order valence-electron chi connectivity index (χ2n) is 4.05. The van der Waals surface area contributed by atoms with Gasteiger partial charge in [0, 0.05) is 23.8 Å². The van der Waals surface area contributed by atoms with Crippen molar-refractivity contribution in [3.63, 3.8) is 0 Å². The second-order valence-corrected chi connectivity index (χ2v) is 4.49. The van der Waals surface area contributed by atoms with Crippen molar-refractivity contribution in [1.82, 2.24) is 9.78 Å². The third-order valence-electron chi connectivity index (χ3n) is 2.59. The first kappa shape index (κ1) is 13.6. The number of hydrogen-bond acceptors (Lipinski definition) is 3. The molecule has 0 radical (unpaired) electrons. The first-order chi connectivity index (χ1) is 9.20. The van der Waals surface area contributed by atoms with Gasteiger partial charge in [0.2, 0.25) is 5.91 Å². The topological polar surface area (TPSA) is 72.9 Å². The van der Waals surface area contributed by atoms with Crippen LogP contribution in [0.3, 0.4) is 0 Å². The molecule has 0 spiro atoms. The molecule has 1 aromatic carbocycles. The maximum absolute atomic E-state index is 11.8. The molecular formula is C13H15ClN4O. The third-order valence-corrected chi connectivity index (χ3v) is 2.83. The van der Waals surface area contributed by atoms with E-state index in [1.807, 2.05) is 12.1 Å². The molecule has 1 amide bonds. The van der Waals surface area contributed by atoms with E-state index in [0.29, 0.717) is 30.1 Å². The lowest BCUT2D eigenvalue weighted by molar-refractivity contribution is -0.116. The van der Waals surface area contributed by atoms with Gasteiger partial charge in [0.25, 0.3) is 0 Å². The smallest absolute Gasteiger partial charge is 0.224 e. The standard InChI is InChI=1S/C13H15ClN4O/c14-10-4-5-12(18-8-2-7-16-18)11(9-10)17-13(19)3-1-6-15/h2,4-5,7-9H,1,3,6,15H2,(H,17,19). The summed E-state index contributed by atoms with van der Waals surface area (Å²) < 4.78 is 1.68. The molecule has 0 saturated heterocycles. The predicted molar refractivity (Wildman–Crippen MR) is 75.5 cm³/mol. The highest BCUT2D eigenvalue weighted by atomic mass is 35.5. The summed E-state index contributed by atoms with van der Waals surface area (Å²) in [6.07, 6.45) is 4.53. The molecule has 100 valence electrons. The van der Waals surface area contributed by atoms with Gasteiger partial charge in [-0.1, -0.05) is 11.6 Å². The van der Waals surface area contributed by atoms with Crippen molar-refractivity contribution >= 4 is 23.2 Å². The van der Waals surface area contributed by atoms with E-state index in [4.69, 9.17) is 17.3 Å². The van der Waals surface area contributed by atoms with Crippen LogP contribution in [0.5, 0.6) is 0 Å². The number of anilines is 1. The van der Waals surface area contributed by atoms with Gasteiger partial charge in [0.05, 0.1) is 11.4 Å². The summed E-state index contributed by atoms with van der Waals surface area (Å²) in [6, 6.07) is 7.09. The van der Waals surface area contributed by atoms with Crippen LogP contribution < -0.4 is 11.1 Å². The van der Waals surface area contributed by atoms with Gasteiger partial charge >= 0.3 is 0 Å². The minimum atomic E-state index is -0.0823. The number of nitrogens with one attached hydrogen (secondary N) is 1. The minimum absolute atomic E-state index is 0.0823. The Morgan fingerprint density at radius 2 is 2.32 bits per heavy atom. The molecule has 0 aliphatic rings. The molecule has 1 aromatic heterocycles. The summed E-state index contributed by atoms with van der Waals surface area (Å²) in [6.45, 7) is 0.495. The van der Waals surface area contributed by atoms with Gasteiger partial charge < -0.3 is 11.1 Å². The third kappa shape index (κ3) is 3.56. The minimum Gasteiger partial charge on any atom is -0.330 e. The zero-order valence-corrected chi connectivity index (χ0v) is 11.1. The number of carbonyl (C=O) groups is 1. The molecule has 0 bridgehead atoms. The number of halogens is 1. The van der Waals surface area contributed by atoms with E-state index in [0.717, 1.165) is 5.69 Å². The van der Waals surface area contributed by atoms with E-state index >= 15 is 0 Å². The lowest BCUT2D eigenvalue weighted by atomic mass is 10.2. The Labute approximate surface area is 116 Å².